The van der Waals surface area contributed by atoms with E-state index in [2.05, 4.69) is 15.1 Å². The third-order valence-electron chi connectivity index (χ3n) is 5.52. The second-order valence-corrected chi connectivity index (χ2v) is 9.28. The van der Waals surface area contributed by atoms with Crippen molar-refractivity contribution in [3.05, 3.63) is 11.8 Å². The van der Waals surface area contributed by atoms with E-state index in [9.17, 15) is 8.42 Å². The molecule has 1 atom stereocenters. The molecule has 1 aromatic heterocycles. The van der Waals surface area contributed by atoms with Crippen LogP contribution in [0.2, 0.25) is 0 Å². The molecule has 150 valence electrons. The van der Waals surface area contributed by atoms with Crippen molar-refractivity contribution < 1.29 is 12.8 Å². The number of aryl methyl sites for hydroxylation is 1. The number of sulfonamides is 1. The van der Waals surface area contributed by atoms with Crippen LogP contribution >= 0.6 is 12.4 Å². The van der Waals surface area contributed by atoms with Crippen molar-refractivity contribution in [1.82, 2.24) is 19.4 Å². The van der Waals surface area contributed by atoms with Gasteiger partial charge in [0.15, 0.2) is 0 Å². The van der Waals surface area contributed by atoms with Gasteiger partial charge in [0.1, 0.15) is 0 Å². The molecule has 0 bridgehead atoms. The number of aromatic nitrogens is 2. The van der Waals surface area contributed by atoms with Crippen LogP contribution in [0, 0.1) is 5.92 Å². The summed E-state index contributed by atoms with van der Waals surface area (Å²) in [5, 5.41) is 8.12. The fourth-order valence-corrected chi connectivity index (χ4v) is 5.40. The smallest absolute Gasteiger partial charge is 0.230 e. The van der Waals surface area contributed by atoms with Gasteiger partial charge in [-0.25, -0.2) is 8.42 Å². The van der Waals surface area contributed by atoms with Gasteiger partial charge in [-0.15, -0.1) is 22.6 Å². The number of halogens is 1. The van der Waals surface area contributed by atoms with Crippen molar-refractivity contribution in [2.75, 3.05) is 25.9 Å². The van der Waals surface area contributed by atoms with Crippen LogP contribution < -0.4 is 0 Å². The average molecular weight is 407 g/mol. The molecule has 0 saturated carbocycles. The van der Waals surface area contributed by atoms with Crippen LogP contribution in [0.1, 0.15) is 57.2 Å². The minimum atomic E-state index is -3.12. The first-order chi connectivity index (χ1) is 12.0. The van der Waals surface area contributed by atoms with E-state index in [0.29, 0.717) is 30.8 Å². The zero-order chi connectivity index (χ0) is 17.9. The topological polar surface area (TPSA) is 79.5 Å². The summed E-state index contributed by atoms with van der Waals surface area (Å²) in [5.41, 5.74) is 0. The minimum Gasteiger partial charge on any atom is -0.424 e. The first-order valence-corrected chi connectivity index (χ1v) is 11.3. The summed E-state index contributed by atoms with van der Waals surface area (Å²) >= 11 is 0. The van der Waals surface area contributed by atoms with Crippen LogP contribution in [-0.2, 0) is 23.0 Å². The molecule has 9 heteroatoms. The number of piperidine rings is 1. The van der Waals surface area contributed by atoms with Crippen molar-refractivity contribution in [1.29, 1.82) is 0 Å². The van der Waals surface area contributed by atoms with Crippen molar-refractivity contribution in [2.45, 2.75) is 64.5 Å². The van der Waals surface area contributed by atoms with E-state index in [0.717, 1.165) is 58.0 Å². The van der Waals surface area contributed by atoms with Crippen molar-refractivity contribution in [2.24, 2.45) is 5.92 Å². The fraction of sp³-hybridized carbons (Fsp3) is 0.882. The van der Waals surface area contributed by atoms with Gasteiger partial charge < -0.3 is 4.42 Å². The summed E-state index contributed by atoms with van der Waals surface area (Å²) in [6, 6.07) is 0.176. The van der Waals surface area contributed by atoms with E-state index in [1.807, 2.05) is 6.92 Å². The molecule has 1 aromatic rings. The molecule has 0 radical (unpaired) electrons. The van der Waals surface area contributed by atoms with E-state index in [4.69, 9.17) is 4.42 Å². The van der Waals surface area contributed by atoms with Crippen molar-refractivity contribution in [3.8, 4) is 0 Å². The summed E-state index contributed by atoms with van der Waals surface area (Å²) in [4.78, 5) is 2.34. The first kappa shape index (κ1) is 21.6. The maximum absolute atomic E-state index is 12.2. The highest BCUT2D eigenvalue weighted by Gasteiger charge is 2.35. The highest BCUT2D eigenvalue weighted by atomic mass is 35.5. The Morgan fingerprint density at radius 2 is 1.73 bits per heavy atom. The fourth-order valence-electron chi connectivity index (χ4n) is 4.17. The molecule has 26 heavy (non-hydrogen) atoms. The molecular weight excluding hydrogens is 376 g/mol. The summed E-state index contributed by atoms with van der Waals surface area (Å²) in [6.07, 6.45) is 8.45. The molecule has 2 aliphatic heterocycles. The number of hydrogen-bond donors (Lipinski definition) is 0. The highest BCUT2D eigenvalue weighted by Crippen LogP contribution is 2.31. The summed E-state index contributed by atoms with van der Waals surface area (Å²) in [5.74, 6) is 1.83. The summed E-state index contributed by atoms with van der Waals surface area (Å²) < 4.78 is 31.8. The van der Waals surface area contributed by atoms with Crippen LogP contribution in [0.4, 0.5) is 0 Å². The van der Waals surface area contributed by atoms with Gasteiger partial charge in [-0.3, -0.25) is 4.90 Å². The summed E-state index contributed by atoms with van der Waals surface area (Å²) in [6.45, 7) is 5.31. The maximum Gasteiger partial charge on any atom is 0.230 e. The molecule has 0 amide bonds. The Hall–Kier alpha value is -0.700. The molecule has 2 saturated heterocycles. The SMILES string of the molecule is CCc1nnc(CN2CCC(C3CCCCCN3S(C)(=O)=O)CC2)o1.Cl. The van der Waals surface area contributed by atoms with Crippen LogP contribution in [0.3, 0.4) is 0 Å². The van der Waals surface area contributed by atoms with Crippen LogP contribution in [0.15, 0.2) is 4.42 Å². The van der Waals surface area contributed by atoms with Gasteiger partial charge in [0.2, 0.25) is 21.8 Å². The second-order valence-electron chi connectivity index (χ2n) is 7.35. The van der Waals surface area contributed by atoms with Gasteiger partial charge in [-0.2, -0.15) is 4.31 Å². The van der Waals surface area contributed by atoms with Crippen LogP contribution in [-0.4, -0.2) is 59.8 Å². The molecule has 3 heterocycles. The van der Waals surface area contributed by atoms with Gasteiger partial charge in [0, 0.05) is 19.0 Å². The Morgan fingerprint density at radius 1 is 1.04 bits per heavy atom. The molecule has 2 aliphatic rings. The molecule has 0 aromatic carbocycles. The summed E-state index contributed by atoms with van der Waals surface area (Å²) in [7, 11) is -3.12. The molecular formula is C17H31ClN4O3S. The number of likely N-dealkylation sites (tertiary alicyclic amines) is 1. The highest BCUT2D eigenvalue weighted by molar-refractivity contribution is 7.88. The lowest BCUT2D eigenvalue weighted by atomic mass is 9.87. The lowest BCUT2D eigenvalue weighted by molar-refractivity contribution is 0.117. The molecule has 2 fully saturated rings. The third kappa shape index (κ3) is 5.41. The zero-order valence-electron chi connectivity index (χ0n) is 15.8. The number of nitrogens with zero attached hydrogens (tertiary/aromatic N) is 4. The third-order valence-corrected chi connectivity index (χ3v) is 6.83. The van der Waals surface area contributed by atoms with E-state index in [1.165, 1.54) is 6.26 Å². The Labute approximate surface area is 163 Å². The van der Waals surface area contributed by atoms with E-state index in [-0.39, 0.29) is 18.4 Å². The lowest BCUT2D eigenvalue weighted by Gasteiger charge is -2.39. The molecule has 0 aliphatic carbocycles. The van der Waals surface area contributed by atoms with Gasteiger partial charge in [-0.05, 0) is 44.7 Å². The first-order valence-electron chi connectivity index (χ1n) is 9.48. The lowest BCUT2D eigenvalue weighted by Crippen LogP contribution is -2.47. The average Bonchev–Trinajstić information content (AvgIpc) is 2.88. The normalized spacial score (nSPS) is 24.2. The second kappa shape index (κ2) is 9.48. The van der Waals surface area contributed by atoms with Gasteiger partial charge >= 0.3 is 0 Å². The molecule has 1 unspecified atom stereocenters. The van der Waals surface area contributed by atoms with Gasteiger partial charge in [0.05, 0.1) is 12.8 Å². The van der Waals surface area contributed by atoms with Gasteiger partial charge in [-0.1, -0.05) is 19.8 Å². The van der Waals surface area contributed by atoms with E-state index in [1.54, 1.807) is 4.31 Å². The van der Waals surface area contributed by atoms with Crippen LogP contribution in [0.5, 0.6) is 0 Å². The number of hydrogen-bond acceptors (Lipinski definition) is 6. The largest absolute Gasteiger partial charge is 0.424 e. The molecule has 7 nitrogen and oxygen atoms in total. The van der Waals surface area contributed by atoms with Crippen molar-refractivity contribution >= 4 is 22.4 Å². The predicted octanol–water partition coefficient (Wildman–Crippen LogP) is 2.47. The molecule has 0 spiro atoms. The van der Waals surface area contributed by atoms with E-state index >= 15 is 0 Å². The minimum absolute atomic E-state index is 0. The Balaban J connectivity index is 0.00000243. The Morgan fingerprint density at radius 3 is 2.35 bits per heavy atom. The Kier molecular flexibility index (Phi) is 7.88. The number of rotatable bonds is 5. The van der Waals surface area contributed by atoms with Crippen molar-refractivity contribution in [3.63, 3.8) is 0 Å². The maximum atomic E-state index is 12.2. The monoisotopic (exact) mass is 406 g/mol. The predicted molar refractivity (Wildman–Crippen MR) is 103 cm³/mol. The van der Waals surface area contributed by atoms with Crippen LogP contribution in [0.25, 0.3) is 0 Å². The molecule has 0 N–H and O–H groups in total. The quantitative estimate of drug-likeness (QED) is 0.747. The standard InChI is InChI=1S/C17H30N4O3S.ClH/c1-3-16-18-19-17(24-16)13-20-11-8-14(9-12-20)15-7-5-4-6-10-21(15)25(2,22)23;/h14-15H,3-13H2,1-2H3;1H. The Bertz CT molecular complexity index is 659. The molecule has 3 rings (SSSR count). The zero-order valence-corrected chi connectivity index (χ0v) is 17.4. The van der Waals surface area contributed by atoms with E-state index < -0.39 is 10.0 Å². The van der Waals surface area contributed by atoms with Gasteiger partial charge in [0.25, 0.3) is 0 Å².